The molecule has 2 N–H and O–H groups in total. The monoisotopic (exact) mass is 419 g/mol. The van der Waals surface area contributed by atoms with Crippen molar-refractivity contribution in [1.29, 1.82) is 0 Å². The highest BCUT2D eigenvalue weighted by Gasteiger charge is 2.47. The molecule has 1 unspecified atom stereocenters. The maximum atomic E-state index is 13.3. The molecular weight excluding hydrogens is 401 g/mol. The number of rotatable bonds is 4. The molecule has 6 nitrogen and oxygen atoms in total. The number of aromatic hydroxyl groups is 1. The minimum absolute atomic E-state index is 0.128. The maximum Gasteiger partial charge on any atom is 0.300 e. The van der Waals surface area contributed by atoms with Gasteiger partial charge in [-0.2, -0.15) is 0 Å². The maximum absolute atomic E-state index is 13.3. The summed E-state index contributed by atoms with van der Waals surface area (Å²) >= 11 is 0. The topological polar surface area (TPSA) is 87.1 Å². The van der Waals surface area contributed by atoms with Crippen LogP contribution in [0.15, 0.2) is 78.4 Å². The summed E-state index contributed by atoms with van der Waals surface area (Å²) in [5.41, 5.74) is 0.677. The van der Waals surface area contributed by atoms with Crippen molar-refractivity contribution in [2.24, 2.45) is 0 Å². The van der Waals surface area contributed by atoms with Gasteiger partial charge in [0, 0.05) is 5.56 Å². The molecule has 1 amide bonds. The van der Waals surface area contributed by atoms with E-state index in [0.717, 1.165) is 17.0 Å². The fraction of sp³-hybridized carbons (Fsp3) is 0.0833. The van der Waals surface area contributed by atoms with Gasteiger partial charge >= 0.3 is 0 Å². The zero-order valence-corrected chi connectivity index (χ0v) is 16.4. The first-order chi connectivity index (χ1) is 14.9. The Balaban J connectivity index is 1.95. The van der Waals surface area contributed by atoms with Gasteiger partial charge in [0.15, 0.2) is 0 Å². The van der Waals surface area contributed by atoms with Crippen molar-refractivity contribution in [3.05, 3.63) is 95.3 Å². The summed E-state index contributed by atoms with van der Waals surface area (Å²) in [7, 11) is 1.51. The Bertz CT molecular complexity index is 1190. The van der Waals surface area contributed by atoms with Crippen LogP contribution in [0.1, 0.15) is 17.2 Å². The Hall–Kier alpha value is -4.13. The molecule has 7 heteroatoms. The molecular formula is C24H18FNO5. The molecule has 0 aromatic heterocycles. The zero-order chi connectivity index (χ0) is 22.1. The lowest BCUT2D eigenvalue weighted by Gasteiger charge is -2.26. The Morgan fingerprint density at radius 2 is 1.61 bits per heavy atom. The fourth-order valence-corrected chi connectivity index (χ4v) is 3.61. The first-order valence-electron chi connectivity index (χ1n) is 9.41. The number of Topliss-reactive ketones (excluding diaryl/α,β-unsaturated/α-hetero) is 1. The fourth-order valence-electron chi connectivity index (χ4n) is 3.61. The van der Waals surface area contributed by atoms with Gasteiger partial charge in [0.2, 0.25) is 0 Å². The molecule has 31 heavy (non-hydrogen) atoms. The molecule has 0 radical (unpaired) electrons. The molecule has 4 rings (SSSR count). The summed E-state index contributed by atoms with van der Waals surface area (Å²) in [6.45, 7) is 0. The summed E-state index contributed by atoms with van der Waals surface area (Å²) < 4.78 is 18.5. The van der Waals surface area contributed by atoms with Gasteiger partial charge in [0.1, 0.15) is 23.1 Å². The first kappa shape index (κ1) is 20.2. The average molecular weight is 419 g/mol. The molecule has 1 atom stereocenters. The van der Waals surface area contributed by atoms with Crippen LogP contribution in [-0.4, -0.2) is 29.0 Å². The van der Waals surface area contributed by atoms with Gasteiger partial charge in [-0.3, -0.25) is 14.5 Å². The summed E-state index contributed by atoms with van der Waals surface area (Å²) in [4.78, 5) is 27.1. The lowest BCUT2D eigenvalue weighted by molar-refractivity contribution is -0.132. The van der Waals surface area contributed by atoms with Crippen molar-refractivity contribution in [3.8, 4) is 11.5 Å². The Morgan fingerprint density at radius 3 is 2.23 bits per heavy atom. The van der Waals surface area contributed by atoms with Crippen molar-refractivity contribution in [1.82, 2.24) is 0 Å². The summed E-state index contributed by atoms with van der Waals surface area (Å²) in [6, 6.07) is 16.7. The third-order valence-electron chi connectivity index (χ3n) is 5.13. The summed E-state index contributed by atoms with van der Waals surface area (Å²) in [5, 5.41) is 21.3. The number of anilines is 1. The van der Waals surface area contributed by atoms with E-state index in [1.807, 2.05) is 0 Å². The van der Waals surface area contributed by atoms with E-state index < -0.39 is 29.3 Å². The van der Waals surface area contributed by atoms with E-state index in [1.165, 1.54) is 31.4 Å². The standard InChI is InChI=1S/C24H18FNO5/c1-31-17-12-8-14(9-13-17)21-20(22(28)15-6-10-16(25)11-7-15)23(29)24(30)26(21)18-4-2-3-5-19(18)27/h2-13,21,27-28H,1H3/b22-20+. The van der Waals surface area contributed by atoms with Crippen LogP contribution in [-0.2, 0) is 9.59 Å². The number of para-hydroxylation sites is 2. The van der Waals surface area contributed by atoms with Gasteiger partial charge in [0.05, 0.1) is 24.4 Å². The lowest BCUT2D eigenvalue weighted by atomic mass is 9.95. The summed E-state index contributed by atoms with van der Waals surface area (Å²) in [6.07, 6.45) is 0. The zero-order valence-electron chi connectivity index (χ0n) is 16.4. The second kappa shape index (κ2) is 7.95. The predicted octanol–water partition coefficient (Wildman–Crippen LogP) is 4.17. The van der Waals surface area contributed by atoms with Crippen molar-refractivity contribution in [2.75, 3.05) is 12.0 Å². The minimum Gasteiger partial charge on any atom is -0.507 e. The van der Waals surface area contributed by atoms with E-state index in [2.05, 4.69) is 0 Å². The molecule has 0 spiro atoms. The number of hydrogen-bond donors (Lipinski definition) is 2. The number of amides is 1. The Labute approximate surface area is 177 Å². The summed E-state index contributed by atoms with van der Waals surface area (Å²) in [5.74, 6) is -2.36. The van der Waals surface area contributed by atoms with Crippen LogP contribution in [0, 0.1) is 5.82 Å². The van der Waals surface area contributed by atoms with E-state index >= 15 is 0 Å². The van der Waals surface area contributed by atoms with Crippen LogP contribution in [0.25, 0.3) is 5.76 Å². The molecule has 0 bridgehead atoms. The molecule has 1 saturated heterocycles. The van der Waals surface area contributed by atoms with Crippen LogP contribution in [0.4, 0.5) is 10.1 Å². The van der Waals surface area contributed by atoms with E-state index in [9.17, 15) is 24.2 Å². The van der Waals surface area contributed by atoms with E-state index in [4.69, 9.17) is 4.74 Å². The number of aliphatic hydroxyl groups is 1. The lowest BCUT2D eigenvalue weighted by Crippen LogP contribution is -2.29. The molecule has 0 saturated carbocycles. The second-order valence-electron chi connectivity index (χ2n) is 6.94. The van der Waals surface area contributed by atoms with Gasteiger partial charge < -0.3 is 14.9 Å². The van der Waals surface area contributed by atoms with Crippen molar-refractivity contribution in [3.63, 3.8) is 0 Å². The van der Waals surface area contributed by atoms with Crippen LogP contribution in [0.3, 0.4) is 0 Å². The molecule has 3 aromatic rings. The van der Waals surface area contributed by atoms with Gasteiger partial charge in [-0.25, -0.2) is 4.39 Å². The molecule has 1 aliphatic rings. The number of carbonyl (C=O) groups excluding carboxylic acids is 2. The normalized spacial score (nSPS) is 17.7. The van der Waals surface area contributed by atoms with Crippen molar-refractivity contribution in [2.45, 2.75) is 6.04 Å². The number of phenolic OH excluding ortho intramolecular Hbond substituents is 1. The molecule has 156 valence electrons. The number of nitrogens with zero attached hydrogens (tertiary/aromatic N) is 1. The Morgan fingerprint density at radius 1 is 0.968 bits per heavy atom. The van der Waals surface area contributed by atoms with E-state index in [-0.39, 0.29) is 22.6 Å². The number of hydrogen-bond acceptors (Lipinski definition) is 5. The third kappa shape index (κ3) is 3.50. The molecule has 3 aromatic carbocycles. The number of carbonyl (C=O) groups is 2. The van der Waals surface area contributed by atoms with Crippen LogP contribution in [0.5, 0.6) is 11.5 Å². The molecule has 0 aliphatic carbocycles. The first-order valence-corrected chi connectivity index (χ1v) is 9.41. The number of ether oxygens (including phenoxy) is 1. The highest BCUT2D eigenvalue weighted by atomic mass is 19.1. The average Bonchev–Trinajstić information content (AvgIpc) is 3.05. The van der Waals surface area contributed by atoms with Crippen LogP contribution in [0.2, 0.25) is 0 Å². The van der Waals surface area contributed by atoms with Gasteiger partial charge in [0.25, 0.3) is 11.7 Å². The number of methoxy groups -OCH3 is 1. The predicted molar refractivity (Wildman–Crippen MR) is 112 cm³/mol. The highest BCUT2D eigenvalue weighted by molar-refractivity contribution is 6.51. The Kier molecular flexibility index (Phi) is 5.17. The molecule has 1 heterocycles. The second-order valence-corrected chi connectivity index (χ2v) is 6.94. The largest absolute Gasteiger partial charge is 0.507 e. The molecule has 1 aliphatic heterocycles. The van der Waals surface area contributed by atoms with Gasteiger partial charge in [-0.05, 0) is 54.1 Å². The minimum atomic E-state index is -1.01. The van der Waals surface area contributed by atoms with Gasteiger partial charge in [-0.1, -0.05) is 24.3 Å². The number of halogens is 1. The quantitative estimate of drug-likeness (QED) is 0.377. The van der Waals surface area contributed by atoms with E-state index in [1.54, 1.807) is 36.4 Å². The van der Waals surface area contributed by atoms with Crippen molar-refractivity contribution < 1.29 is 28.9 Å². The number of aliphatic hydroxyl groups excluding tert-OH is 1. The molecule has 1 fully saturated rings. The third-order valence-corrected chi connectivity index (χ3v) is 5.13. The van der Waals surface area contributed by atoms with E-state index in [0.29, 0.717) is 11.3 Å². The van der Waals surface area contributed by atoms with Gasteiger partial charge in [-0.15, -0.1) is 0 Å². The smallest absolute Gasteiger partial charge is 0.300 e. The number of ketones is 1. The van der Waals surface area contributed by atoms with Crippen LogP contribution < -0.4 is 9.64 Å². The van der Waals surface area contributed by atoms with Crippen LogP contribution >= 0.6 is 0 Å². The highest BCUT2D eigenvalue weighted by Crippen LogP contribution is 2.44. The SMILES string of the molecule is COc1ccc(C2/C(=C(\O)c3ccc(F)cc3)C(=O)C(=O)N2c2ccccc2O)cc1. The number of phenols is 1. The van der Waals surface area contributed by atoms with Crippen molar-refractivity contribution >= 4 is 23.1 Å². The number of benzene rings is 3.